The number of rotatable bonds is 4. The molecule has 1 atom stereocenters. The van der Waals surface area contributed by atoms with Gasteiger partial charge in [-0.3, -0.25) is 4.90 Å². The minimum atomic E-state index is -3.13. The lowest BCUT2D eigenvalue weighted by atomic mass is 10.1. The van der Waals surface area contributed by atoms with Gasteiger partial charge in [-0.15, -0.1) is 0 Å². The molecule has 0 amide bonds. The van der Waals surface area contributed by atoms with Crippen molar-refractivity contribution in [3.05, 3.63) is 17.0 Å². The first-order valence-electron chi connectivity index (χ1n) is 6.46. The first-order chi connectivity index (χ1) is 8.85. The standard InChI is InChI=1S/C12H21N3O3S/c1-9-12(10(2)18-13-9)8-15-6-4-5-11(7-15)14-19(3,16)17/h11,14H,4-8H2,1-3H3/t11-/m1/s1. The zero-order valence-electron chi connectivity index (χ0n) is 11.6. The zero-order valence-corrected chi connectivity index (χ0v) is 12.5. The first-order valence-corrected chi connectivity index (χ1v) is 8.35. The lowest BCUT2D eigenvalue weighted by Crippen LogP contribution is -2.47. The van der Waals surface area contributed by atoms with Crippen molar-refractivity contribution in [3.63, 3.8) is 0 Å². The molecule has 0 aromatic carbocycles. The highest BCUT2D eigenvalue weighted by Crippen LogP contribution is 2.18. The van der Waals surface area contributed by atoms with Gasteiger partial charge in [-0.25, -0.2) is 13.1 Å². The molecule has 0 aliphatic carbocycles. The molecule has 0 bridgehead atoms. The molecule has 1 fully saturated rings. The molecule has 0 unspecified atom stereocenters. The molecule has 2 heterocycles. The van der Waals surface area contributed by atoms with Crippen molar-refractivity contribution in [2.75, 3.05) is 19.3 Å². The third kappa shape index (κ3) is 4.02. The number of aryl methyl sites for hydroxylation is 2. The van der Waals surface area contributed by atoms with E-state index in [1.54, 1.807) is 0 Å². The molecule has 1 aromatic rings. The summed E-state index contributed by atoms with van der Waals surface area (Å²) in [5, 5.41) is 3.95. The smallest absolute Gasteiger partial charge is 0.208 e. The number of piperidine rings is 1. The van der Waals surface area contributed by atoms with Crippen LogP contribution in [0, 0.1) is 13.8 Å². The molecule has 1 saturated heterocycles. The van der Waals surface area contributed by atoms with Gasteiger partial charge >= 0.3 is 0 Å². The Morgan fingerprint density at radius 2 is 2.21 bits per heavy atom. The van der Waals surface area contributed by atoms with Crippen molar-refractivity contribution in [1.82, 2.24) is 14.8 Å². The molecular weight excluding hydrogens is 266 g/mol. The molecule has 1 aliphatic heterocycles. The van der Waals surface area contributed by atoms with Crippen LogP contribution < -0.4 is 4.72 Å². The van der Waals surface area contributed by atoms with Gasteiger partial charge in [-0.1, -0.05) is 5.16 Å². The summed E-state index contributed by atoms with van der Waals surface area (Å²) >= 11 is 0. The highest BCUT2D eigenvalue weighted by molar-refractivity contribution is 7.88. The maximum Gasteiger partial charge on any atom is 0.208 e. The van der Waals surface area contributed by atoms with Crippen LogP contribution in [0.2, 0.25) is 0 Å². The second-order valence-corrected chi connectivity index (χ2v) is 7.05. The molecule has 0 spiro atoms. The molecule has 1 aliphatic rings. The summed E-state index contributed by atoms with van der Waals surface area (Å²) in [5.74, 6) is 0.843. The normalized spacial score (nSPS) is 21.7. The predicted octanol–water partition coefficient (Wildman–Crippen LogP) is 0.805. The van der Waals surface area contributed by atoms with E-state index >= 15 is 0 Å². The van der Waals surface area contributed by atoms with E-state index in [0.29, 0.717) is 0 Å². The Kier molecular flexibility index (Phi) is 4.27. The van der Waals surface area contributed by atoms with E-state index in [2.05, 4.69) is 14.8 Å². The number of sulfonamides is 1. The fourth-order valence-electron chi connectivity index (χ4n) is 2.55. The monoisotopic (exact) mass is 287 g/mol. The van der Waals surface area contributed by atoms with Crippen LogP contribution in [0.4, 0.5) is 0 Å². The van der Waals surface area contributed by atoms with E-state index in [1.807, 2.05) is 13.8 Å². The van der Waals surface area contributed by atoms with E-state index in [0.717, 1.165) is 49.5 Å². The summed E-state index contributed by atoms with van der Waals surface area (Å²) in [5.41, 5.74) is 2.02. The van der Waals surface area contributed by atoms with Crippen LogP contribution in [0.5, 0.6) is 0 Å². The Morgan fingerprint density at radius 3 is 2.79 bits per heavy atom. The summed E-state index contributed by atoms with van der Waals surface area (Å²) in [6, 6.07) is 0.00391. The second-order valence-electron chi connectivity index (χ2n) is 5.27. The highest BCUT2D eigenvalue weighted by atomic mass is 32.2. The van der Waals surface area contributed by atoms with Crippen molar-refractivity contribution in [2.45, 2.75) is 39.3 Å². The number of likely N-dealkylation sites (tertiary alicyclic amines) is 1. The van der Waals surface area contributed by atoms with Crippen LogP contribution in [0.15, 0.2) is 4.52 Å². The predicted molar refractivity (Wildman–Crippen MR) is 72.3 cm³/mol. The molecule has 6 nitrogen and oxygen atoms in total. The molecule has 2 rings (SSSR count). The average molecular weight is 287 g/mol. The fraction of sp³-hybridized carbons (Fsp3) is 0.750. The topological polar surface area (TPSA) is 75.4 Å². The minimum absolute atomic E-state index is 0.00391. The lowest BCUT2D eigenvalue weighted by molar-refractivity contribution is 0.193. The van der Waals surface area contributed by atoms with Crippen molar-refractivity contribution in [3.8, 4) is 0 Å². The van der Waals surface area contributed by atoms with Crippen LogP contribution in [0.1, 0.15) is 29.9 Å². The van der Waals surface area contributed by atoms with Gasteiger partial charge in [0.2, 0.25) is 10.0 Å². The first kappa shape index (κ1) is 14.5. The quantitative estimate of drug-likeness (QED) is 0.886. The second kappa shape index (κ2) is 5.60. The molecule has 0 radical (unpaired) electrons. The largest absolute Gasteiger partial charge is 0.361 e. The Labute approximate surface area is 114 Å². The Hall–Kier alpha value is -0.920. The third-order valence-electron chi connectivity index (χ3n) is 3.45. The van der Waals surface area contributed by atoms with Gasteiger partial charge in [0.15, 0.2) is 0 Å². The van der Waals surface area contributed by atoms with Crippen molar-refractivity contribution < 1.29 is 12.9 Å². The van der Waals surface area contributed by atoms with Crippen molar-refractivity contribution in [1.29, 1.82) is 0 Å². The number of nitrogens with zero attached hydrogens (tertiary/aromatic N) is 2. The molecular formula is C12H21N3O3S. The van der Waals surface area contributed by atoms with Gasteiger partial charge < -0.3 is 4.52 Å². The number of hydrogen-bond acceptors (Lipinski definition) is 5. The maximum atomic E-state index is 11.3. The van der Waals surface area contributed by atoms with Crippen LogP contribution >= 0.6 is 0 Å². The van der Waals surface area contributed by atoms with E-state index < -0.39 is 10.0 Å². The number of aromatic nitrogens is 1. The summed E-state index contributed by atoms with van der Waals surface area (Å²) in [4.78, 5) is 2.25. The maximum absolute atomic E-state index is 11.3. The highest BCUT2D eigenvalue weighted by Gasteiger charge is 2.23. The van der Waals surface area contributed by atoms with Gasteiger partial charge in [0, 0.05) is 24.7 Å². The van der Waals surface area contributed by atoms with Gasteiger partial charge in [0.25, 0.3) is 0 Å². The number of nitrogens with one attached hydrogen (secondary N) is 1. The van der Waals surface area contributed by atoms with E-state index in [1.165, 1.54) is 6.26 Å². The SMILES string of the molecule is Cc1noc(C)c1CN1CCC[C@@H](NS(C)(=O)=O)C1. The molecule has 1 N–H and O–H groups in total. The molecule has 108 valence electrons. The van der Waals surface area contributed by atoms with Gasteiger partial charge in [-0.2, -0.15) is 0 Å². The molecule has 1 aromatic heterocycles. The summed E-state index contributed by atoms with van der Waals surface area (Å²) < 4.78 is 30.4. The molecule has 7 heteroatoms. The van der Waals surface area contributed by atoms with Crippen LogP contribution in [-0.2, 0) is 16.6 Å². The third-order valence-corrected chi connectivity index (χ3v) is 4.21. The molecule has 19 heavy (non-hydrogen) atoms. The van der Waals surface area contributed by atoms with Gasteiger partial charge in [0.1, 0.15) is 5.76 Å². The van der Waals surface area contributed by atoms with Crippen LogP contribution in [-0.4, -0.2) is 43.9 Å². The van der Waals surface area contributed by atoms with Crippen molar-refractivity contribution >= 4 is 10.0 Å². The molecule has 0 saturated carbocycles. The fourth-order valence-corrected chi connectivity index (χ4v) is 3.35. The summed E-state index contributed by atoms with van der Waals surface area (Å²) in [7, 11) is -3.13. The van der Waals surface area contributed by atoms with Gasteiger partial charge in [0.05, 0.1) is 11.9 Å². The Bertz CT molecular complexity index is 519. The van der Waals surface area contributed by atoms with Gasteiger partial charge in [-0.05, 0) is 33.2 Å². The van der Waals surface area contributed by atoms with E-state index in [9.17, 15) is 8.42 Å². The Morgan fingerprint density at radius 1 is 1.47 bits per heavy atom. The Balaban J connectivity index is 1.98. The zero-order chi connectivity index (χ0) is 14.0. The van der Waals surface area contributed by atoms with E-state index in [-0.39, 0.29) is 6.04 Å². The van der Waals surface area contributed by atoms with Crippen molar-refractivity contribution in [2.24, 2.45) is 0 Å². The lowest BCUT2D eigenvalue weighted by Gasteiger charge is -2.32. The minimum Gasteiger partial charge on any atom is -0.361 e. The summed E-state index contributed by atoms with van der Waals surface area (Å²) in [6.07, 6.45) is 3.10. The van der Waals surface area contributed by atoms with Crippen LogP contribution in [0.3, 0.4) is 0 Å². The van der Waals surface area contributed by atoms with E-state index in [4.69, 9.17) is 4.52 Å². The summed E-state index contributed by atoms with van der Waals surface area (Å²) in [6.45, 7) is 6.32. The van der Waals surface area contributed by atoms with Crippen LogP contribution in [0.25, 0.3) is 0 Å². The number of hydrogen-bond donors (Lipinski definition) is 1. The average Bonchev–Trinajstić information content (AvgIpc) is 2.59.